The van der Waals surface area contributed by atoms with Crippen molar-refractivity contribution in [3.63, 3.8) is 0 Å². The smallest absolute Gasteiger partial charge is 0.308 e. The van der Waals surface area contributed by atoms with Crippen LogP contribution in [-0.2, 0) is 9.59 Å². The van der Waals surface area contributed by atoms with Crippen molar-refractivity contribution >= 4 is 11.9 Å². The van der Waals surface area contributed by atoms with Gasteiger partial charge in [-0.1, -0.05) is 13.8 Å². The number of carbonyl (C=O) groups is 2. The van der Waals surface area contributed by atoms with E-state index in [0.29, 0.717) is 5.92 Å². The Bertz CT molecular complexity index is 234. The number of amides is 1. The second-order valence-corrected chi connectivity index (χ2v) is 4.26. The third kappa shape index (κ3) is 2.72. The van der Waals surface area contributed by atoms with Crippen LogP contribution in [0.4, 0.5) is 0 Å². The van der Waals surface area contributed by atoms with E-state index in [1.165, 1.54) is 0 Å². The van der Waals surface area contributed by atoms with Crippen LogP contribution in [0.3, 0.4) is 0 Å². The first-order chi connectivity index (χ1) is 6.50. The van der Waals surface area contributed by atoms with Crippen molar-refractivity contribution in [2.75, 3.05) is 6.54 Å². The van der Waals surface area contributed by atoms with Gasteiger partial charge in [0, 0.05) is 12.5 Å². The minimum atomic E-state index is -0.868. The quantitative estimate of drug-likeness (QED) is 0.706. The first kappa shape index (κ1) is 11.0. The third-order valence-corrected chi connectivity index (χ3v) is 2.75. The highest BCUT2D eigenvalue weighted by Crippen LogP contribution is 2.32. The SMILES string of the molecule is CC1CC(C(=O)NCC(C)C(=O)O)C1. The maximum atomic E-state index is 11.4. The summed E-state index contributed by atoms with van der Waals surface area (Å²) in [5.74, 6) is -0.603. The fourth-order valence-corrected chi connectivity index (χ4v) is 1.60. The minimum Gasteiger partial charge on any atom is -0.481 e. The zero-order valence-electron chi connectivity index (χ0n) is 8.62. The zero-order chi connectivity index (χ0) is 10.7. The number of carbonyl (C=O) groups excluding carboxylic acids is 1. The molecule has 0 radical (unpaired) electrons. The molecular weight excluding hydrogens is 182 g/mol. The standard InChI is InChI=1S/C10H17NO3/c1-6-3-8(4-6)9(12)11-5-7(2)10(13)14/h6-8H,3-5H2,1-2H3,(H,11,12)(H,13,14). The summed E-state index contributed by atoms with van der Waals surface area (Å²) < 4.78 is 0. The van der Waals surface area contributed by atoms with Crippen molar-refractivity contribution in [2.24, 2.45) is 17.8 Å². The van der Waals surface area contributed by atoms with Gasteiger partial charge in [0.15, 0.2) is 0 Å². The minimum absolute atomic E-state index is 0.0104. The topological polar surface area (TPSA) is 66.4 Å². The van der Waals surface area contributed by atoms with E-state index in [0.717, 1.165) is 12.8 Å². The van der Waals surface area contributed by atoms with Crippen LogP contribution in [0.1, 0.15) is 26.7 Å². The number of rotatable bonds is 4. The molecule has 1 amide bonds. The molecule has 1 saturated carbocycles. The fourth-order valence-electron chi connectivity index (χ4n) is 1.60. The van der Waals surface area contributed by atoms with Crippen LogP contribution < -0.4 is 5.32 Å². The Balaban J connectivity index is 2.18. The van der Waals surface area contributed by atoms with Crippen LogP contribution >= 0.6 is 0 Å². The van der Waals surface area contributed by atoms with E-state index in [9.17, 15) is 9.59 Å². The van der Waals surface area contributed by atoms with Crippen LogP contribution in [0.25, 0.3) is 0 Å². The zero-order valence-corrected chi connectivity index (χ0v) is 8.62. The van der Waals surface area contributed by atoms with Gasteiger partial charge in [0.25, 0.3) is 0 Å². The Morgan fingerprint density at radius 2 is 2.07 bits per heavy atom. The van der Waals surface area contributed by atoms with Gasteiger partial charge in [-0.05, 0) is 18.8 Å². The molecule has 80 valence electrons. The van der Waals surface area contributed by atoms with E-state index in [1.54, 1.807) is 6.92 Å². The van der Waals surface area contributed by atoms with Gasteiger partial charge in [-0.15, -0.1) is 0 Å². The highest BCUT2D eigenvalue weighted by Gasteiger charge is 2.31. The van der Waals surface area contributed by atoms with Crippen molar-refractivity contribution in [3.8, 4) is 0 Å². The number of aliphatic carboxylic acids is 1. The van der Waals surface area contributed by atoms with Crippen LogP contribution in [0.5, 0.6) is 0 Å². The molecule has 0 bridgehead atoms. The predicted octanol–water partition coefficient (Wildman–Crippen LogP) is 0.869. The molecule has 14 heavy (non-hydrogen) atoms. The Hall–Kier alpha value is -1.06. The van der Waals surface area contributed by atoms with E-state index in [-0.39, 0.29) is 18.4 Å². The molecule has 4 nitrogen and oxygen atoms in total. The first-order valence-electron chi connectivity index (χ1n) is 5.01. The summed E-state index contributed by atoms with van der Waals surface area (Å²) in [6, 6.07) is 0. The Morgan fingerprint density at radius 1 is 1.50 bits per heavy atom. The highest BCUT2D eigenvalue weighted by atomic mass is 16.4. The van der Waals surface area contributed by atoms with Gasteiger partial charge in [-0.25, -0.2) is 0 Å². The number of carboxylic acids is 1. The fraction of sp³-hybridized carbons (Fsp3) is 0.800. The van der Waals surface area contributed by atoms with Crippen LogP contribution in [0, 0.1) is 17.8 Å². The van der Waals surface area contributed by atoms with Crippen molar-refractivity contribution in [2.45, 2.75) is 26.7 Å². The first-order valence-corrected chi connectivity index (χ1v) is 5.01. The maximum absolute atomic E-state index is 11.4. The molecule has 0 aliphatic heterocycles. The second-order valence-electron chi connectivity index (χ2n) is 4.26. The average Bonchev–Trinajstić information content (AvgIpc) is 2.08. The van der Waals surface area contributed by atoms with Crippen molar-refractivity contribution < 1.29 is 14.7 Å². The van der Waals surface area contributed by atoms with Crippen molar-refractivity contribution in [1.82, 2.24) is 5.32 Å². The number of nitrogens with one attached hydrogen (secondary N) is 1. The van der Waals surface area contributed by atoms with Gasteiger partial charge < -0.3 is 10.4 Å². The molecule has 1 aliphatic carbocycles. The largest absolute Gasteiger partial charge is 0.481 e. The molecule has 0 aromatic heterocycles. The molecule has 1 fully saturated rings. The lowest BCUT2D eigenvalue weighted by atomic mass is 9.75. The third-order valence-electron chi connectivity index (χ3n) is 2.75. The summed E-state index contributed by atoms with van der Waals surface area (Å²) in [7, 11) is 0. The summed E-state index contributed by atoms with van der Waals surface area (Å²) in [6.07, 6.45) is 1.88. The summed E-state index contributed by atoms with van der Waals surface area (Å²) >= 11 is 0. The Kier molecular flexibility index (Phi) is 3.49. The second kappa shape index (κ2) is 4.44. The maximum Gasteiger partial charge on any atom is 0.308 e. The van der Waals surface area contributed by atoms with Gasteiger partial charge in [0.1, 0.15) is 0 Å². The van der Waals surface area contributed by atoms with Crippen molar-refractivity contribution in [3.05, 3.63) is 0 Å². The Labute approximate surface area is 83.7 Å². The highest BCUT2D eigenvalue weighted by molar-refractivity contribution is 5.80. The molecule has 0 aromatic carbocycles. The number of hydrogen-bond acceptors (Lipinski definition) is 2. The molecule has 1 atom stereocenters. The van der Waals surface area contributed by atoms with Gasteiger partial charge >= 0.3 is 5.97 Å². The lowest BCUT2D eigenvalue weighted by molar-refractivity contribution is -0.141. The molecule has 2 N–H and O–H groups in total. The number of hydrogen-bond donors (Lipinski definition) is 2. The molecule has 1 unspecified atom stereocenters. The van der Waals surface area contributed by atoms with Crippen LogP contribution in [0.2, 0.25) is 0 Å². The lowest BCUT2D eigenvalue weighted by Gasteiger charge is -2.31. The van der Waals surface area contributed by atoms with Gasteiger partial charge in [-0.3, -0.25) is 9.59 Å². The molecule has 0 heterocycles. The van der Waals surface area contributed by atoms with Gasteiger partial charge in [0.05, 0.1) is 5.92 Å². The Morgan fingerprint density at radius 3 is 2.50 bits per heavy atom. The molecule has 0 aromatic rings. The van der Waals surface area contributed by atoms with E-state index in [1.807, 2.05) is 0 Å². The van der Waals surface area contributed by atoms with Crippen LogP contribution in [-0.4, -0.2) is 23.5 Å². The molecule has 1 rings (SSSR count). The summed E-state index contributed by atoms with van der Waals surface area (Å²) in [5.41, 5.74) is 0. The summed E-state index contributed by atoms with van der Waals surface area (Å²) in [4.78, 5) is 21.9. The number of carboxylic acid groups (broad SMARTS) is 1. The molecule has 1 aliphatic rings. The molecular formula is C10H17NO3. The van der Waals surface area contributed by atoms with Gasteiger partial charge in [0.2, 0.25) is 5.91 Å². The summed E-state index contributed by atoms with van der Waals surface area (Å²) in [5, 5.41) is 11.3. The van der Waals surface area contributed by atoms with Crippen LogP contribution in [0.15, 0.2) is 0 Å². The van der Waals surface area contributed by atoms with E-state index in [2.05, 4.69) is 12.2 Å². The monoisotopic (exact) mass is 199 g/mol. The normalized spacial score (nSPS) is 27.6. The summed E-state index contributed by atoms with van der Waals surface area (Å²) in [6.45, 7) is 3.94. The van der Waals surface area contributed by atoms with Gasteiger partial charge in [-0.2, -0.15) is 0 Å². The average molecular weight is 199 g/mol. The van der Waals surface area contributed by atoms with Crippen molar-refractivity contribution in [1.29, 1.82) is 0 Å². The molecule has 0 spiro atoms. The lowest BCUT2D eigenvalue weighted by Crippen LogP contribution is -2.40. The van der Waals surface area contributed by atoms with E-state index >= 15 is 0 Å². The predicted molar refractivity (Wildman–Crippen MR) is 51.7 cm³/mol. The molecule has 4 heteroatoms. The van der Waals surface area contributed by atoms with E-state index < -0.39 is 11.9 Å². The van der Waals surface area contributed by atoms with E-state index in [4.69, 9.17) is 5.11 Å². The molecule has 0 saturated heterocycles.